The maximum atomic E-state index is 5.35. The van der Waals surface area contributed by atoms with Gasteiger partial charge < -0.3 is 20.4 Å². The number of pyridine rings is 1. The quantitative estimate of drug-likeness (QED) is 0.485. The van der Waals surface area contributed by atoms with E-state index in [9.17, 15) is 0 Å². The summed E-state index contributed by atoms with van der Waals surface area (Å²) in [5, 5.41) is 8.10. The number of benzene rings is 1. The van der Waals surface area contributed by atoms with Crippen molar-refractivity contribution in [1.29, 1.82) is 0 Å². The first kappa shape index (κ1) is 16.7. The number of aromatic amines is 1. The highest BCUT2D eigenvalue weighted by Crippen LogP contribution is 2.47. The standard InChI is InChI=1S/C22H22N6O/c1-2-15-5-6-23-18(15)7-14(1)10-25-20-11-24-17-3-4-19(27-21(17)28-20)26-16-8-22(9-16)12-29-13-22/h1-7,11,16,23H,8-10,12-13H2,(H2,25,26,27,28). The predicted molar refractivity (Wildman–Crippen MR) is 113 cm³/mol. The Labute approximate surface area is 167 Å². The molecule has 7 nitrogen and oxygen atoms in total. The van der Waals surface area contributed by atoms with Gasteiger partial charge in [0, 0.05) is 29.7 Å². The van der Waals surface area contributed by atoms with Crippen LogP contribution in [0.4, 0.5) is 11.6 Å². The van der Waals surface area contributed by atoms with Crippen molar-refractivity contribution in [2.24, 2.45) is 5.41 Å². The fourth-order valence-corrected chi connectivity index (χ4v) is 4.38. The molecular weight excluding hydrogens is 364 g/mol. The van der Waals surface area contributed by atoms with Crippen molar-refractivity contribution in [3.63, 3.8) is 0 Å². The lowest BCUT2D eigenvalue weighted by Crippen LogP contribution is -2.56. The Bertz CT molecular complexity index is 1190. The molecule has 7 heteroatoms. The average Bonchev–Trinajstić information content (AvgIpc) is 3.15. The molecule has 146 valence electrons. The lowest BCUT2D eigenvalue weighted by atomic mass is 9.64. The van der Waals surface area contributed by atoms with Gasteiger partial charge in [-0.3, -0.25) is 0 Å². The van der Waals surface area contributed by atoms with E-state index in [0.717, 1.165) is 48.7 Å². The lowest BCUT2D eigenvalue weighted by molar-refractivity contribution is -0.159. The topological polar surface area (TPSA) is 87.8 Å². The van der Waals surface area contributed by atoms with Crippen LogP contribution in [0, 0.1) is 5.41 Å². The molecule has 4 heterocycles. The van der Waals surface area contributed by atoms with E-state index < -0.39 is 0 Å². The van der Waals surface area contributed by atoms with E-state index in [2.05, 4.69) is 54.8 Å². The minimum absolute atomic E-state index is 0.439. The summed E-state index contributed by atoms with van der Waals surface area (Å²) in [4.78, 5) is 17.1. The van der Waals surface area contributed by atoms with Crippen LogP contribution in [0.15, 0.2) is 48.8 Å². The molecule has 0 bridgehead atoms. The maximum absolute atomic E-state index is 5.35. The van der Waals surface area contributed by atoms with Crippen LogP contribution in [0.25, 0.3) is 22.1 Å². The van der Waals surface area contributed by atoms with Crippen molar-refractivity contribution in [2.75, 3.05) is 23.8 Å². The average molecular weight is 386 g/mol. The zero-order valence-electron chi connectivity index (χ0n) is 16.0. The van der Waals surface area contributed by atoms with Crippen LogP contribution >= 0.6 is 0 Å². The van der Waals surface area contributed by atoms with Crippen molar-refractivity contribution >= 4 is 33.7 Å². The van der Waals surface area contributed by atoms with Crippen molar-refractivity contribution < 1.29 is 4.74 Å². The van der Waals surface area contributed by atoms with Crippen molar-refractivity contribution in [3.8, 4) is 0 Å². The summed E-state index contributed by atoms with van der Waals surface area (Å²) in [5.41, 5.74) is 4.21. The SMILES string of the molecule is c1cc2ccc(CNc3cnc4ccc(NC5CC6(COC6)C5)nc4n3)cc2[nH]1. The normalized spacial score (nSPS) is 17.9. The van der Waals surface area contributed by atoms with Crippen molar-refractivity contribution in [2.45, 2.75) is 25.4 Å². The third-order valence-corrected chi connectivity index (χ3v) is 6.03. The molecule has 1 aliphatic carbocycles. The first-order chi connectivity index (χ1) is 14.2. The number of rotatable bonds is 5. The van der Waals surface area contributed by atoms with Gasteiger partial charge in [0.2, 0.25) is 0 Å². The number of anilines is 2. The van der Waals surface area contributed by atoms with Crippen molar-refractivity contribution in [3.05, 3.63) is 54.4 Å². The van der Waals surface area contributed by atoms with Crippen LogP contribution in [0.5, 0.6) is 0 Å². The second kappa shape index (κ2) is 6.42. The third-order valence-electron chi connectivity index (χ3n) is 6.03. The first-order valence-electron chi connectivity index (χ1n) is 10.0. The first-order valence-corrected chi connectivity index (χ1v) is 10.0. The van der Waals surface area contributed by atoms with E-state index >= 15 is 0 Å². The molecule has 2 fully saturated rings. The van der Waals surface area contributed by atoms with Gasteiger partial charge in [-0.1, -0.05) is 12.1 Å². The number of aromatic nitrogens is 4. The summed E-state index contributed by atoms with van der Waals surface area (Å²) in [6, 6.07) is 12.9. The molecule has 29 heavy (non-hydrogen) atoms. The minimum atomic E-state index is 0.439. The van der Waals surface area contributed by atoms with Gasteiger partial charge in [0.05, 0.1) is 19.4 Å². The monoisotopic (exact) mass is 386 g/mol. The Balaban J connectivity index is 1.15. The molecule has 2 aliphatic rings. The molecule has 0 radical (unpaired) electrons. The number of fused-ring (bicyclic) bond motifs is 2. The van der Waals surface area contributed by atoms with Gasteiger partial charge in [0.25, 0.3) is 0 Å². The largest absolute Gasteiger partial charge is 0.380 e. The molecule has 1 aromatic carbocycles. The number of ether oxygens (including phenoxy) is 1. The summed E-state index contributed by atoms with van der Waals surface area (Å²) in [6.07, 6.45) is 6.03. The molecule has 0 unspecified atom stereocenters. The molecule has 1 saturated carbocycles. The molecular formula is C22H22N6O. The third kappa shape index (κ3) is 3.07. The van der Waals surface area contributed by atoms with E-state index in [1.54, 1.807) is 6.20 Å². The van der Waals surface area contributed by atoms with Gasteiger partial charge >= 0.3 is 0 Å². The zero-order chi connectivity index (χ0) is 19.3. The van der Waals surface area contributed by atoms with Crippen LogP contribution in [0.3, 0.4) is 0 Å². The molecule has 1 spiro atoms. The summed E-state index contributed by atoms with van der Waals surface area (Å²) < 4.78 is 5.35. The molecule has 6 rings (SSSR count). The van der Waals surface area contributed by atoms with E-state index in [4.69, 9.17) is 4.74 Å². The molecule has 3 N–H and O–H groups in total. The Morgan fingerprint density at radius 3 is 2.83 bits per heavy atom. The number of H-pyrrole nitrogens is 1. The van der Waals surface area contributed by atoms with Crippen LogP contribution in [0.2, 0.25) is 0 Å². The molecule has 0 amide bonds. The molecule has 4 aromatic rings. The molecule has 1 aliphatic heterocycles. The summed E-state index contributed by atoms with van der Waals surface area (Å²) in [6.45, 7) is 2.50. The van der Waals surface area contributed by atoms with E-state index in [-0.39, 0.29) is 0 Å². The van der Waals surface area contributed by atoms with Gasteiger partial charge in [-0.05, 0) is 48.1 Å². The summed E-state index contributed by atoms with van der Waals surface area (Å²) in [7, 11) is 0. The zero-order valence-corrected chi connectivity index (χ0v) is 16.0. The Morgan fingerprint density at radius 1 is 1.07 bits per heavy atom. The number of nitrogens with zero attached hydrogens (tertiary/aromatic N) is 3. The lowest BCUT2D eigenvalue weighted by Gasteiger charge is -2.53. The van der Waals surface area contributed by atoms with Crippen LogP contribution in [-0.4, -0.2) is 39.2 Å². The van der Waals surface area contributed by atoms with Crippen LogP contribution in [0.1, 0.15) is 18.4 Å². The fraction of sp³-hybridized carbons (Fsp3) is 0.318. The summed E-state index contributed by atoms with van der Waals surface area (Å²) >= 11 is 0. The van der Waals surface area contributed by atoms with Gasteiger partial charge in [-0.15, -0.1) is 0 Å². The Kier molecular flexibility index (Phi) is 3.70. The van der Waals surface area contributed by atoms with Gasteiger partial charge in [-0.2, -0.15) is 0 Å². The highest BCUT2D eigenvalue weighted by molar-refractivity contribution is 5.80. The molecule has 1 saturated heterocycles. The van der Waals surface area contributed by atoms with E-state index in [1.165, 1.54) is 10.9 Å². The Hall–Kier alpha value is -3.19. The highest BCUT2D eigenvalue weighted by atomic mass is 16.5. The number of nitrogens with one attached hydrogen (secondary N) is 3. The van der Waals surface area contributed by atoms with Gasteiger partial charge in [0.1, 0.15) is 17.2 Å². The van der Waals surface area contributed by atoms with Crippen LogP contribution in [-0.2, 0) is 11.3 Å². The maximum Gasteiger partial charge on any atom is 0.182 e. The number of hydrogen-bond acceptors (Lipinski definition) is 6. The van der Waals surface area contributed by atoms with Crippen molar-refractivity contribution in [1.82, 2.24) is 19.9 Å². The predicted octanol–water partition coefficient (Wildman–Crippen LogP) is 3.71. The van der Waals surface area contributed by atoms with Crippen LogP contribution < -0.4 is 10.6 Å². The number of hydrogen-bond donors (Lipinski definition) is 3. The van der Waals surface area contributed by atoms with Gasteiger partial charge in [-0.25, -0.2) is 15.0 Å². The highest BCUT2D eigenvalue weighted by Gasteiger charge is 2.49. The minimum Gasteiger partial charge on any atom is -0.380 e. The van der Waals surface area contributed by atoms with E-state index in [0.29, 0.717) is 23.6 Å². The molecule has 3 aromatic heterocycles. The summed E-state index contributed by atoms with van der Waals surface area (Å²) in [5.74, 6) is 1.59. The smallest absolute Gasteiger partial charge is 0.182 e. The van der Waals surface area contributed by atoms with E-state index in [1.807, 2.05) is 18.3 Å². The van der Waals surface area contributed by atoms with Gasteiger partial charge in [0.15, 0.2) is 5.65 Å². The second-order valence-electron chi connectivity index (χ2n) is 8.29. The Morgan fingerprint density at radius 2 is 1.97 bits per heavy atom. The second-order valence-corrected chi connectivity index (χ2v) is 8.29. The molecule has 0 atom stereocenters. The fourth-order valence-electron chi connectivity index (χ4n) is 4.38.